The average molecular weight is 222 g/mol. The number of rotatable bonds is 3. The van der Waals surface area contributed by atoms with E-state index in [0.717, 1.165) is 5.56 Å². The van der Waals surface area contributed by atoms with Crippen LogP contribution in [0.15, 0.2) is 34.7 Å². The highest BCUT2D eigenvalue weighted by Crippen LogP contribution is 2.10. The maximum absolute atomic E-state index is 11.3. The third kappa shape index (κ3) is 2.05. The van der Waals surface area contributed by atoms with E-state index in [0.29, 0.717) is 12.4 Å². The van der Waals surface area contributed by atoms with Crippen molar-refractivity contribution in [2.75, 3.05) is 5.43 Å². The summed E-state index contributed by atoms with van der Waals surface area (Å²) in [5.74, 6) is 5.91. The van der Waals surface area contributed by atoms with Gasteiger partial charge in [0.25, 0.3) is 0 Å². The summed E-state index contributed by atoms with van der Waals surface area (Å²) in [7, 11) is 0. The second-order valence-electron chi connectivity index (χ2n) is 2.95. The number of nitrogen functional groups attached to an aromatic ring is 1. The average Bonchev–Trinajstić information content (AvgIpc) is 2.65. The lowest BCUT2D eigenvalue weighted by Gasteiger charge is -2.06. The molecule has 0 bridgehead atoms. The van der Waals surface area contributed by atoms with E-state index in [4.69, 9.17) is 5.84 Å². The first-order chi connectivity index (χ1) is 7.31. The Hall–Kier alpha value is -1.66. The first kappa shape index (κ1) is 9.88. The number of hydrogen-bond acceptors (Lipinski definition) is 5. The SMILES string of the molecule is NNc1ncccc1Cn1ccsc1=O. The van der Waals surface area contributed by atoms with Crippen molar-refractivity contribution in [3.63, 3.8) is 0 Å². The monoisotopic (exact) mass is 222 g/mol. The molecule has 2 rings (SSSR count). The molecule has 0 amide bonds. The zero-order valence-corrected chi connectivity index (χ0v) is 8.70. The van der Waals surface area contributed by atoms with Crippen LogP contribution in [0.4, 0.5) is 5.82 Å². The third-order valence-electron chi connectivity index (χ3n) is 2.01. The highest BCUT2D eigenvalue weighted by atomic mass is 32.1. The molecule has 0 atom stereocenters. The van der Waals surface area contributed by atoms with Gasteiger partial charge in [0.2, 0.25) is 0 Å². The molecule has 0 aromatic carbocycles. The molecule has 0 aliphatic heterocycles. The normalized spacial score (nSPS) is 10.2. The van der Waals surface area contributed by atoms with Crippen molar-refractivity contribution in [2.24, 2.45) is 5.84 Å². The lowest BCUT2D eigenvalue weighted by molar-refractivity contribution is 0.781. The summed E-state index contributed by atoms with van der Waals surface area (Å²) >= 11 is 1.17. The number of nitrogens with zero attached hydrogens (tertiary/aromatic N) is 2. The number of pyridine rings is 1. The second-order valence-corrected chi connectivity index (χ2v) is 3.81. The Bertz CT molecular complexity index is 505. The molecule has 2 heterocycles. The van der Waals surface area contributed by atoms with Crippen LogP contribution in [0.25, 0.3) is 0 Å². The highest BCUT2D eigenvalue weighted by molar-refractivity contribution is 7.07. The van der Waals surface area contributed by atoms with Gasteiger partial charge in [-0.2, -0.15) is 0 Å². The summed E-state index contributed by atoms with van der Waals surface area (Å²) < 4.78 is 1.61. The Morgan fingerprint density at radius 3 is 3.13 bits per heavy atom. The van der Waals surface area contributed by atoms with E-state index >= 15 is 0 Å². The van der Waals surface area contributed by atoms with Gasteiger partial charge in [0.15, 0.2) is 0 Å². The predicted molar refractivity (Wildman–Crippen MR) is 59.7 cm³/mol. The molecule has 15 heavy (non-hydrogen) atoms. The lowest BCUT2D eigenvalue weighted by atomic mass is 10.2. The Kier molecular flexibility index (Phi) is 2.79. The fourth-order valence-electron chi connectivity index (χ4n) is 1.29. The van der Waals surface area contributed by atoms with E-state index in [1.54, 1.807) is 22.3 Å². The minimum Gasteiger partial charge on any atom is -0.308 e. The fraction of sp³-hybridized carbons (Fsp3) is 0.111. The highest BCUT2D eigenvalue weighted by Gasteiger charge is 2.03. The van der Waals surface area contributed by atoms with Crippen LogP contribution < -0.4 is 16.1 Å². The summed E-state index contributed by atoms with van der Waals surface area (Å²) in [4.78, 5) is 15.4. The Morgan fingerprint density at radius 1 is 1.60 bits per heavy atom. The molecule has 0 radical (unpaired) electrons. The number of aromatic nitrogens is 2. The quantitative estimate of drug-likeness (QED) is 0.590. The van der Waals surface area contributed by atoms with Crippen molar-refractivity contribution in [2.45, 2.75) is 6.54 Å². The van der Waals surface area contributed by atoms with Crippen molar-refractivity contribution in [3.05, 3.63) is 45.1 Å². The first-order valence-corrected chi connectivity index (χ1v) is 5.23. The topological polar surface area (TPSA) is 72.9 Å². The molecule has 0 saturated heterocycles. The van der Waals surface area contributed by atoms with E-state index < -0.39 is 0 Å². The number of thiazole rings is 1. The van der Waals surface area contributed by atoms with Crippen LogP contribution >= 0.6 is 11.3 Å². The molecule has 78 valence electrons. The third-order valence-corrected chi connectivity index (χ3v) is 2.71. The van der Waals surface area contributed by atoms with Crippen molar-refractivity contribution >= 4 is 17.2 Å². The Labute approximate surface area is 90.2 Å². The van der Waals surface area contributed by atoms with Gasteiger partial charge in [0.05, 0.1) is 6.54 Å². The number of anilines is 1. The van der Waals surface area contributed by atoms with Gasteiger partial charge in [-0.15, -0.1) is 0 Å². The molecule has 5 nitrogen and oxygen atoms in total. The molecule has 0 fully saturated rings. The molecular weight excluding hydrogens is 212 g/mol. The van der Waals surface area contributed by atoms with Crippen LogP contribution in [-0.4, -0.2) is 9.55 Å². The van der Waals surface area contributed by atoms with Gasteiger partial charge in [-0.05, 0) is 6.07 Å². The number of nitrogens with two attached hydrogens (primary N) is 1. The molecule has 0 saturated carbocycles. The molecule has 0 aliphatic carbocycles. The summed E-state index contributed by atoms with van der Waals surface area (Å²) in [6, 6.07) is 3.69. The van der Waals surface area contributed by atoms with Gasteiger partial charge >= 0.3 is 4.87 Å². The van der Waals surface area contributed by atoms with Crippen LogP contribution in [-0.2, 0) is 6.54 Å². The maximum atomic E-state index is 11.3. The summed E-state index contributed by atoms with van der Waals surface area (Å²) in [6.45, 7) is 0.482. The number of hydrogen-bond donors (Lipinski definition) is 2. The number of nitrogens with one attached hydrogen (secondary N) is 1. The molecule has 2 aromatic heterocycles. The zero-order valence-electron chi connectivity index (χ0n) is 7.88. The Morgan fingerprint density at radius 2 is 2.47 bits per heavy atom. The summed E-state index contributed by atoms with van der Waals surface area (Å²) in [6.07, 6.45) is 3.40. The molecular formula is C9H10N4OS. The van der Waals surface area contributed by atoms with Crippen LogP contribution in [0.3, 0.4) is 0 Å². The standard InChI is InChI=1S/C9H10N4OS/c10-12-8-7(2-1-3-11-8)6-13-4-5-15-9(13)14/h1-5H,6,10H2,(H,11,12). The second kappa shape index (κ2) is 4.24. The summed E-state index contributed by atoms with van der Waals surface area (Å²) in [5.41, 5.74) is 3.39. The van der Waals surface area contributed by atoms with Gasteiger partial charge in [-0.3, -0.25) is 4.79 Å². The van der Waals surface area contributed by atoms with Crippen LogP contribution in [0.5, 0.6) is 0 Å². The van der Waals surface area contributed by atoms with E-state index in [1.807, 2.05) is 12.1 Å². The number of hydrazine groups is 1. The predicted octanol–water partition coefficient (Wildman–Crippen LogP) is 0.639. The largest absolute Gasteiger partial charge is 0.308 e. The zero-order chi connectivity index (χ0) is 10.7. The van der Waals surface area contributed by atoms with Crippen molar-refractivity contribution in [3.8, 4) is 0 Å². The summed E-state index contributed by atoms with van der Waals surface area (Å²) in [5, 5.41) is 1.76. The van der Waals surface area contributed by atoms with E-state index in [-0.39, 0.29) is 4.87 Å². The molecule has 2 aromatic rings. The van der Waals surface area contributed by atoms with Gasteiger partial charge < -0.3 is 9.99 Å². The minimum absolute atomic E-state index is 0.0156. The van der Waals surface area contributed by atoms with E-state index in [9.17, 15) is 4.79 Å². The van der Waals surface area contributed by atoms with Gasteiger partial charge in [0.1, 0.15) is 5.82 Å². The Balaban J connectivity index is 2.32. The first-order valence-electron chi connectivity index (χ1n) is 4.35. The van der Waals surface area contributed by atoms with Gasteiger partial charge in [0, 0.05) is 23.3 Å². The van der Waals surface area contributed by atoms with E-state index in [1.165, 1.54) is 11.3 Å². The minimum atomic E-state index is 0.0156. The van der Waals surface area contributed by atoms with Crippen molar-refractivity contribution in [1.29, 1.82) is 0 Å². The molecule has 6 heteroatoms. The van der Waals surface area contributed by atoms with Gasteiger partial charge in [-0.1, -0.05) is 17.4 Å². The lowest BCUT2D eigenvalue weighted by Crippen LogP contribution is -2.16. The molecule has 0 spiro atoms. The van der Waals surface area contributed by atoms with E-state index in [2.05, 4.69) is 10.4 Å². The van der Waals surface area contributed by atoms with Crippen LogP contribution in [0.2, 0.25) is 0 Å². The maximum Gasteiger partial charge on any atom is 0.307 e. The molecule has 3 N–H and O–H groups in total. The van der Waals surface area contributed by atoms with Crippen LogP contribution in [0.1, 0.15) is 5.56 Å². The fourth-order valence-corrected chi connectivity index (χ4v) is 1.87. The molecule has 0 aliphatic rings. The van der Waals surface area contributed by atoms with Crippen LogP contribution in [0, 0.1) is 0 Å². The smallest absolute Gasteiger partial charge is 0.307 e. The van der Waals surface area contributed by atoms with Crippen molar-refractivity contribution < 1.29 is 0 Å². The van der Waals surface area contributed by atoms with Crippen molar-refractivity contribution in [1.82, 2.24) is 9.55 Å². The van der Waals surface area contributed by atoms with Gasteiger partial charge in [-0.25, -0.2) is 10.8 Å². The molecule has 0 unspecified atom stereocenters.